The summed E-state index contributed by atoms with van der Waals surface area (Å²) in [5.74, 6) is 0.225. The van der Waals surface area contributed by atoms with Crippen LogP contribution in [-0.4, -0.2) is 23.4 Å². The Morgan fingerprint density at radius 1 is 1.00 bits per heavy atom. The standard InChI is InChI=1S/C25H23BrN4O/c1-17-6-8-18(9-7-17)24(31)30-25(29-21-12-10-20(26)11-13-21)27-15-14-19-16-28-23-5-3-2-4-22(19)23/h2-13,16,28H,14-15H2,1H3,(H2,27,29,30,31). The molecular formula is C25H23BrN4O. The molecule has 1 heterocycles. The number of aliphatic imine (C=N–C) groups is 1. The normalized spacial score (nSPS) is 11.5. The van der Waals surface area contributed by atoms with Crippen molar-refractivity contribution in [2.45, 2.75) is 13.3 Å². The van der Waals surface area contributed by atoms with Gasteiger partial charge in [-0.05, 0) is 61.4 Å². The number of amides is 1. The summed E-state index contributed by atoms with van der Waals surface area (Å²) in [5, 5.41) is 7.34. The molecule has 5 nitrogen and oxygen atoms in total. The fourth-order valence-electron chi connectivity index (χ4n) is 3.29. The molecule has 1 amide bonds. The van der Waals surface area contributed by atoms with Crippen molar-refractivity contribution in [1.82, 2.24) is 10.3 Å². The molecule has 3 aromatic carbocycles. The number of guanidine groups is 1. The molecule has 4 aromatic rings. The zero-order chi connectivity index (χ0) is 21.6. The SMILES string of the molecule is Cc1ccc(C(=O)NC(=NCCc2c[nH]c3ccccc23)Nc2ccc(Br)cc2)cc1. The minimum Gasteiger partial charge on any atom is -0.361 e. The molecule has 0 unspecified atom stereocenters. The molecule has 0 radical (unpaired) electrons. The molecule has 3 N–H and O–H groups in total. The maximum Gasteiger partial charge on any atom is 0.257 e. The summed E-state index contributed by atoms with van der Waals surface area (Å²) in [5.41, 5.74) is 4.86. The van der Waals surface area contributed by atoms with Crippen molar-refractivity contribution in [2.24, 2.45) is 4.99 Å². The molecule has 0 fully saturated rings. The molecule has 4 rings (SSSR count). The monoisotopic (exact) mass is 474 g/mol. The third-order valence-electron chi connectivity index (χ3n) is 4.98. The highest BCUT2D eigenvalue weighted by molar-refractivity contribution is 9.10. The molecule has 0 aliphatic carbocycles. The molecule has 0 aliphatic rings. The minimum absolute atomic E-state index is 0.199. The van der Waals surface area contributed by atoms with Crippen molar-refractivity contribution < 1.29 is 4.79 Å². The van der Waals surface area contributed by atoms with Crippen LogP contribution >= 0.6 is 15.9 Å². The maximum atomic E-state index is 12.7. The van der Waals surface area contributed by atoms with E-state index in [-0.39, 0.29) is 5.91 Å². The summed E-state index contributed by atoms with van der Waals surface area (Å²) < 4.78 is 0.986. The first-order valence-corrected chi connectivity index (χ1v) is 10.9. The Balaban J connectivity index is 1.51. The Morgan fingerprint density at radius 3 is 2.52 bits per heavy atom. The van der Waals surface area contributed by atoms with Crippen LogP contribution in [0.5, 0.6) is 0 Å². The lowest BCUT2D eigenvalue weighted by Crippen LogP contribution is -2.36. The number of hydrogen-bond acceptors (Lipinski definition) is 2. The number of anilines is 1. The fraction of sp³-hybridized carbons (Fsp3) is 0.120. The van der Waals surface area contributed by atoms with Crippen LogP contribution in [0.15, 0.2) is 88.5 Å². The number of H-pyrrole nitrogens is 1. The number of benzene rings is 3. The lowest BCUT2D eigenvalue weighted by atomic mass is 10.1. The Hall–Kier alpha value is -3.38. The first-order valence-electron chi connectivity index (χ1n) is 10.1. The van der Waals surface area contributed by atoms with E-state index < -0.39 is 0 Å². The molecule has 31 heavy (non-hydrogen) atoms. The van der Waals surface area contributed by atoms with E-state index in [2.05, 4.69) is 48.7 Å². The molecule has 0 spiro atoms. The van der Waals surface area contributed by atoms with Crippen molar-refractivity contribution >= 4 is 44.4 Å². The number of rotatable bonds is 5. The second-order valence-electron chi connectivity index (χ2n) is 7.29. The molecule has 0 saturated carbocycles. The van der Waals surface area contributed by atoms with Gasteiger partial charge >= 0.3 is 0 Å². The van der Waals surface area contributed by atoms with Crippen molar-refractivity contribution in [3.63, 3.8) is 0 Å². The Kier molecular flexibility index (Phi) is 6.48. The second-order valence-corrected chi connectivity index (χ2v) is 8.21. The molecule has 0 atom stereocenters. The number of aromatic nitrogens is 1. The molecule has 0 bridgehead atoms. The molecular weight excluding hydrogens is 452 g/mol. The predicted molar refractivity (Wildman–Crippen MR) is 131 cm³/mol. The van der Waals surface area contributed by atoms with Crippen LogP contribution in [-0.2, 0) is 6.42 Å². The highest BCUT2D eigenvalue weighted by atomic mass is 79.9. The molecule has 0 aliphatic heterocycles. The van der Waals surface area contributed by atoms with Crippen molar-refractivity contribution in [3.8, 4) is 0 Å². The predicted octanol–water partition coefficient (Wildman–Crippen LogP) is 5.68. The number of halogens is 1. The smallest absolute Gasteiger partial charge is 0.257 e. The van der Waals surface area contributed by atoms with Crippen molar-refractivity contribution in [1.29, 1.82) is 0 Å². The first-order chi connectivity index (χ1) is 15.1. The van der Waals surface area contributed by atoms with E-state index in [0.717, 1.165) is 27.7 Å². The van der Waals surface area contributed by atoms with Crippen LogP contribution in [0, 0.1) is 6.92 Å². The number of carbonyl (C=O) groups excluding carboxylic acids is 1. The van der Waals surface area contributed by atoms with E-state index in [1.807, 2.05) is 73.8 Å². The molecule has 156 valence electrons. The lowest BCUT2D eigenvalue weighted by molar-refractivity contribution is 0.0977. The third kappa shape index (κ3) is 5.41. The van der Waals surface area contributed by atoms with Gasteiger partial charge in [0.1, 0.15) is 0 Å². The van der Waals surface area contributed by atoms with Crippen molar-refractivity contribution in [3.05, 3.63) is 100 Å². The van der Waals surface area contributed by atoms with Gasteiger partial charge in [0.2, 0.25) is 5.96 Å². The van der Waals surface area contributed by atoms with Gasteiger partial charge in [0.15, 0.2) is 0 Å². The number of aromatic amines is 1. The van der Waals surface area contributed by atoms with E-state index >= 15 is 0 Å². The largest absolute Gasteiger partial charge is 0.361 e. The summed E-state index contributed by atoms with van der Waals surface area (Å²) in [4.78, 5) is 20.7. The van der Waals surface area contributed by atoms with Gasteiger partial charge in [-0.3, -0.25) is 15.1 Å². The number of nitrogens with one attached hydrogen (secondary N) is 3. The summed E-state index contributed by atoms with van der Waals surface area (Å²) in [6, 6.07) is 23.4. The minimum atomic E-state index is -0.199. The highest BCUT2D eigenvalue weighted by Crippen LogP contribution is 2.18. The van der Waals surface area contributed by atoms with E-state index in [1.54, 1.807) is 0 Å². The van der Waals surface area contributed by atoms with Gasteiger partial charge in [-0.25, -0.2) is 0 Å². The summed E-state index contributed by atoms with van der Waals surface area (Å²) in [6.07, 6.45) is 2.78. The molecule has 6 heteroatoms. The topological polar surface area (TPSA) is 69.3 Å². The zero-order valence-electron chi connectivity index (χ0n) is 17.2. The van der Waals surface area contributed by atoms with E-state index in [0.29, 0.717) is 18.1 Å². The maximum absolute atomic E-state index is 12.7. The third-order valence-corrected chi connectivity index (χ3v) is 5.51. The first kappa shape index (κ1) is 20.9. The number of nitrogens with zero attached hydrogens (tertiary/aromatic N) is 1. The lowest BCUT2D eigenvalue weighted by Gasteiger charge is -2.12. The van der Waals surface area contributed by atoms with Crippen molar-refractivity contribution in [2.75, 3.05) is 11.9 Å². The van der Waals surface area contributed by atoms with Crippen LogP contribution in [0.25, 0.3) is 10.9 Å². The summed E-state index contributed by atoms with van der Waals surface area (Å²) in [6.45, 7) is 2.53. The van der Waals surface area contributed by atoms with Gasteiger partial charge in [0, 0.05) is 39.4 Å². The average Bonchev–Trinajstić information content (AvgIpc) is 3.19. The Bertz CT molecular complexity index is 1210. The number of hydrogen-bond donors (Lipinski definition) is 3. The van der Waals surface area contributed by atoms with E-state index in [1.165, 1.54) is 10.9 Å². The van der Waals surface area contributed by atoms with Gasteiger partial charge in [-0.1, -0.05) is 51.8 Å². The highest BCUT2D eigenvalue weighted by Gasteiger charge is 2.10. The van der Waals surface area contributed by atoms with Gasteiger partial charge in [0.25, 0.3) is 5.91 Å². The average molecular weight is 475 g/mol. The number of fused-ring (bicyclic) bond motifs is 1. The zero-order valence-corrected chi connectivity index (χ0v) is 18.7. The number of aryl methyl sites for hydroxylation is 1. The quantitative estimate of drug-likeness (QED) is 0.257. The number of para-hydroxylation sites is 1. The van der Waals surface area contributed by atoms with E-state index in [4.69, 9.17) is 0 Å². The summed E-state index contributed by atoms with van der Waals surface area (Å²) >= 11 is 3.44. The van der Waals surface area contributed by atoms with Crippen LogP contribution < -0.4 is 10.6 Å². The molecule has 0 saturated heterocycles. The Morgan fingerprint density at radius 2 is 1.74 bits per heavy atom. The van der Waals surface area contributed by atoms with Gasteiger partial charge in [0.05, 0.1) is 0 Å². The van der Waals surface area contributed by atoms with Crippen LogP contribution in [0.4, 0.5) is 5.69 Å². The van der Waals surface area contributed by atoms with E-state index in [9.17, 15) is 4.79 Å². The number of carbonyl (C=O) groups is 1. The molecule has 1 aromatic heterocycles. The fourth-order valence-corrected chi connectivity index (χ4v) is 3.56. The van der Waals surface area contributed by atoms with Crippen LogP contribution in [0.2, 0.25) is 0 Å². The summed E-state index contributed by atoms with van der Waals surface area (Å²) in [7, 11) is 0. The van der Waals surface area contributed by atoms with Crippen LogP contribution in [0.1, 0.15) is 21.5 Å². The van der Waals surface area contributed by atoms with Gasteiger partial charge < -0.3 is 10.3 Å². The van der Waals surface area contributed by atoms with Gasteiger partial charge in [-0.2, -0.15) is 0 Å². The second kappa shape index (κ2) is 9.62. The Labute approximate surface area is 189 Å². The van der Waals surface area contributed by atoms with Crippen LogP contribution in [0.3, 0.4) is 0 Å². The van der Waals surface area contributed by atoms with Gasteiger partial charge in [-0.15, -0.1) is 0 Å².